The number of aromatic nitrogens is 2. The number of benzene rings is 1. The summed E-state index contributed by atoms with van der Waals surface area (Å²) in [4.78, 5) is 20.3. The zero-order valence-electron chi connectivity index (χ0n) is 23.1. The van der Waals surface area contributed by atoms with Crippen LogP contribution < -0.4 is 9.47 Å². The van der Waals surface area contributed by atoms with Crippen LogP contribution in [-0.4, -0.2) is 35.3 Å². The number of methoxy groups -OCH3 is 2. The van der Waals surface area contributed by atoms with Crippen LogP contribution in [0.1, 0.15) is 68.4 Å². The number of pyridine rings is 2. The maximum absolute atomic E-state index is 15.0. The number of ether oxygens (including phenoxy) is 3. The maximum Gasteiger partial charge on any atom is 0.307 e. The number of carboxylic acid groups (broad SMARTS) is 1. The highest BCUT2D eigenvalue weighted by atomic mass is 19.1. The Kier molecular flexibility index (Phi) is 7.10. The van der Waals surface area contributed by atoms with E-state index in [1.165, 1.54) is 7.11 Å². The Bertz CT molecular complexity index is 1400. The Morgan fingerprint density at radius 3 is 2.51 bits per heavy atom. The predicted molar refractivity (Wildman–Crippen MR) is 144 cm³/mol. The van der Waals surface area contributed by atoms with E-state index >= 15 is 0 Å². The Labute approximate surface area is 228 Å². The summed E-state index contributed by atoms with van der Waals surface area (Å²) in [5, 5.41) is 9.71. The molecule has 8 heteroatoms. The van der Waals surface area contributed by atoms with E-state index in [1.54, 1.807) is 13.2 Å². The van der Waals surface area contributed by atoms with Crippen LogP contribution in [0.5, 0.6) is 11.8 Å². The third kappa shape index (κ3) is 4.86. The smallest absolute Gasteiger partial charge is 0.307 e. The zero-order chi connectivity index (χ0) is 27.9. The van der Waals surface area contributed by atoms with Crippen molar-refractivity contribution in [3.8, 4) is 22.9 Å². The number of fused-ring (bicyclic) bond motifs is 2. The number of aryl methyl sites for hydroxylation is 1. The molecule has 0 saturated heterocycles. The molecule has 5 rings (SSSR count). The number of aliphatic carboxylic acids is 1. The summed E-state index contributed by atoms with van der Waals surface area (Å²) in [7, 11) is 3.15. The van der Waals surface area contributed by atoms with E-state index in [-0.39, 0.29) is 29.5 Å². The van der Waals surface area contributed by atoms with Gasteiger partial charge < -0.3 is 19.3 Å². The van der Waals surface area contributed by atoms with Crippen LogP contribution in [0.2, 0.25) is 0 Å². The molecule has 2 aliphatic rings. The van der Waals surface area contributed by atoms with Crippen molar-refractivity contribution in [2.24, 2.45) is 11.3 Å². The topological polar surface area (TPSA) is 90.8 Å². The van der Waals surface area contributed by atoms with E-state index in [1.807, 2.05) is 30.5 Å². The monoisotopic (exact) mass is 534 g/mol. The lowest BCUT2D eigenvalue weighted by Crippen LogP contribution is -2.46. The van der Waals surface area contributed by atoms with Gasteiger partial charge in [-0.2, -0.15) is 0 Å². The summed E-state index contributed by atoms with van der Waals surface area (Å²) < 4.78 is 32.3. The van der Waals surface area contributed by atoms with Gasteiger partial charge in [-0.15, -0.1) is 0 Å². The molecule has 3 aromatic rings. The number of hydrogen-bond acceptors (Lipinski definition) is 6. The van der Waals surface area contributed by atoms with Gasteiger partial charge in [-0.3, -0.25) is 4.79 Å². The summed E-state index contributed by atoms with van der Waals surface area (Å²) in [6.07, 6.45) is 5.95. The summed E-state index contributed by atoms with van der Waals surface area (Å²) in [6.45, 7) is 6.48. The van der Waals surface area contributed by atoms with Crippen LogP contribution in [-0.2, 0) is 28.0 Å². The van der Waals surface area contributed by atoms with E-state index in [4.69, 9.17) is 14.2 Å². The first-order valence-corrected chi connectivity index (χ1v) is 13.3. The molecular formula is C31H35FN2O5. The highest BCUT2D eigenvalue weighted by molar-refractivity contribution is 5.75. The largest absolute Gasteiger partial charge is 0.481 e. The van der Waals surface area contributed by atoms with Crippen molar-refractivity contribution >= 4 is 5.97 Å². The molecule has 1 N–H and O–H groups in total. The van der Waals surface area contributed by atoms with Gasteiger partial charge in [-0.25, -0.2) is 14.4 Å². The standard InChI is InChI=1S/C31H35FN2O5/c1-30(2,3)28(38-5)22-12-18(6-7-20(22)21-13-26(37-4)34-16-25(21)32)17-39-27-14-24-19(15-33-27)8-10-31(24)11-9-23(31)29(35)36/h6-7,12-16,23,28H,8-11,17H2,1-5H3,(H,35,36)/t23-,28-,31+/m1/s1. The van der Waals surface area contributed by atoms with E-state index in [0.29, 0.717) is 29.3 Å². The fourth-order valence-corrected chi connectivity index (χ4v) is 6.32. The molecule has 1 saturated carbocycles. The normalized spacial score (nSPS) is 20.8. The van der Waals surface area contributed by atoms with Gasteiger partial charge >= 0.3 is 5.97 Å². The lowest BCUT2D eigenvalue weighted by atomic mass is 9.57. The average molecular weight is 535 g/mol. The second-order valence-electron chi connectivity index (χ2n) is 11.7. The molecule has 3 atom stereocenters. The minimum atomic E-state index is -0.726. The second kappa shape index (κ2) is 10.2. The molecule has 2 aromatic heterocycles. The Hall–Kier alpha value is -3.52. The molecule has 2 heterocycles. The Morgan fingerprint density at radius 1 is 1.10 bits per heavy atom. The highest BCUT2D eigenvalue weighted by Gasteiger charge is 2.54. The molecule has 1 fully saturated rings. The van der Waals surface area contributed by atoms with E-state index in [0.717, 1.165) is 47.7 Å². The molecule has 0 aliphatic heterocycles. The van der Waals surface area contributed by atoms with Crippen LogP contribution in [0, 0.1) is 17.2 Å². The summed E-state index contributed by atoms with van der Waals surface area (Å²) in [5.41, 5.74) is 4.40. The molecule has 2 aliphatic carbocycles. The maximum atomic E-state index is 15.0. The minimum absolute atomic E-state index is 0.247. The number of carbonyl (C=O) groups is 1. The van der Waals surface area contributed by atoms with E-state index in [9.17, 15) is 14.3 Å². The first-order chi connectivity index (χ1) is 18.6. The van der Waals surface area contributed by atoms with Crippen molar-refractivity contribution in [1.29, 1.82) is 0 Å². The average Bonchev–Trinajstić information content (AvgIpc) is 3.27. The molecule has 0 radical (unpaired) electrons. The Balaban J connectivity index is 1.46. The Morgan fingerprint density at radius 2 is 1.87 bits per heavy atom. The van der Waals surface area contributed by atoms with Gasteiger partial charge in [0, 0.05) is 36.4 Å². The van der Waals surface area contributed by atoms with Crippen LogP contribution in [0.3, 0.4) is 0 Å². The number of hydrogen-bond donors (Lipinski definition) is 1. The molecule has 0 unspecified atom stereocenters. The summed E-state index contributed by atoms with van der Waals surface area (Å²) >= 11 is 0. The van der Waals surface area contributed by atoms with Gasteiger partial charge in [0.05, 0.1) is 25.3 Å². The lowest BCUT2D eigenvalue weighted by molar-refractivity contribution is -0.149. The first-order valence-electron chi connectivity index (χ1n) is 13.3. The van der Waals surface area contributed by atoms with E-state index in [2.05, 4.69) is 30.7 Å². The van der Waals surface area contributed by atoms with Gasteiger partial charge in [-0.1, -0.05) is 32.9 Å². The molecule has 0 bridgehead atoms. The highest BCUT2D eigenvalue weighted by Crippen LogP contribution is 2.56. The fraction of sp³-hybridized carbons (Fsp3) is 0.452. The molecule has 1 spiro atoms. The molecule has 0 amide bonds. The van der Waals surface area contributed by atoms with Crippen LogP contribution in [0.4, 0.5) is 4.39 Å². The zero-order valence-corrected chi connectivity index (χ0v) is 23.1. The van der Waals surface area contributed by atoms with Crippen LogP contribution in [0.25, 0.3) is 11.1 Å². The number of rotatable bonds is 8. The van der Waals surface area contributed by atoms with Crippen molar-refractivity contribution in [2.45, 2.75) is 64.6 Å². The fourth-order valence-electron chi connectivity index (χ4n) is 6.32. The minimum Gasteiger partial charge on any atom is -0.481 e. The van der Waals surface area contributed by atoms with Gasteiger partial charge in [0.25, 0.3) is 0 Å². The van der Waals surface area contributed by atoms with Crippen molar-refractivity contribution in [2.75, 3.05) is 14.2 Å². The SMILES string of the molecule is COc1cc(-c2ccc(COc3cc4c(cn3)CC[C@@]43CC[C@@H]3C(=O)O)cc2[C@@H](OC)C(C)(C)C)c(F)cn1. The van der Waals surface area contributed by atoms with Crippen LogP contribution >= 0.6 is 0 Å². The van der Waals surface area contributed by atoms with E-state index < -0.39 is 11.8 Å². The van der Waals surface area contributed by atoms with Gasteiger partial charge in [0.15, 0.2) is 0 Å². The van der Waals surface area contributed by atoms with Gasteiger partial charge in [0.2, 0.25) is 11.8 Å². The number of carboxylic acids is 1. The molecule has 206 valence electrons. The molecule has 1 aromatic carbocycles. The lowest BCUT2D eigenvalue weighted by Gasteiger charge is -2.45. The predicted octanol–water partition coefficient (Wildman–Crippen LogP) is 6.28. The number of nitrogens with zero attached hydrogens (tertiary/aromatic N) is 2. The van der Waals surface area contributed by atoms with Gasteiger partial charge in [-0.05, 0) is 65.0 Å². The third-order valence-corrected chi connectivity index (χ3v) is 8.32. The number of halogens is 1. The van der Waals surface area contributed by atoms with Crippen LogP contribution in [0.15, 0.2) is 42.7 Å². The van der Waals surface area contributed by atoms with Gasteiger partial charge in [0.1, 0.15) is 12.4 Å². The quantitative estimate of drug-likeness (QED) is 0.364. The summed E-state index contributed by atoms with van der Waals surface area (Å²) in [5.74, 6) is -0.723. The van der Waals surface area contributed by atoms with Crippen molar-refractivity contribution in [3.63, 3.8) is 0 Å². The van der Waals surface area contributed by atoms with Crippen molar-refractivity contribution in [1.82, 2.24) is 9.97 Å². The first kappa shape index (κ1) is 27.1. The third-order valence-electron chi connectivity index (χ3n) is 8.32. The molecule has 7 nitrogen and oxygen atoms in total. The molecule has 39 heavy (non-hydrogen) atoms. The molecular weight excluding hydrogens is 499 g/mol. The second-order valence-corrected chi connectivity index (χ2v) is 11.7. The van der Waals surface area contributed by atoms with Crippen molar-refractivity contribution in [3.05, 3.63) is 70.8 Å². The summed E-state index contributed by atoms with van der Waals surface area (Å²) in [6, 6.07) is 9.29. The van der Waals surface area contributed by atoms with Crippen molar-refractivity contribution < 1.29 is 28.5 Å².